The van der Waals surface area contributed by atoms with Crippen LogP contribution in [0.3, 0.4) is 0 Å². The number of nitro benzene ring substituents is 2. The largest absolute Gasteiger partial charge is 0.474 e. The fourth-order valence-corrected chi connectivity index (χ4v) is 1.00. The first-order valence-electron chi connectivity index (χ1n) is 4.05. The van der Waals surface area contributed by atoms with Crippen LogP contribution in [0.15, 0.2) is 18.2 Å². The summed E-state index contributed by atoms with van der Waals surface area (Å²) in [6.45, 7) is -0.140. The topological polar surface area (TPSA) is 95.5 Å². The van der Waals surface area contributed by atoms with Crippen LogP contribution in [0, 0.1) is 32.6 Å². The Labute approximate surface area is 89.9 Å². The zero-order valence-corrected chi connectivity index (χ0v) is 7.95. The SMILES string of the molecule is C#CCOc1ccc([N+](=O)[O-])cc1[N+](=O)[O-]. The van der Waals surface area contributed by atoms with E-state index >= 15 is 0 Å². The molecule has 0 heterocycles. The molecule has 16 heavy (non-hydrogen) atoms. The molecule has 82 valence electrons. The van der Waals surface area contributed by atoms with Gasteiger partial charge in [-0.1, -0.05) is 5.92 Å². The van der Waals surface area contributed by atoms with Crippen molar-refractivity contribution in [2.45, 2.75) is 0 Å². The summed E-state index contributed by atoms with van der Waals surface area (Å²) in [4.78, 5) is 19.5. The first kappa shape index (κ1) is 11.5. The van der Waals surface area contributed by atoms with Gasteiger partial charge in [0.1, 0.15) is 6.61 Å². The summed E-state index contributed by atoms with van der Waals surface area (Å²) in [7, 11) is 0. The molecule has 0 unspecified atom stereocenters. The Morgan fingerprint density at radius 2 is 2.00 bits per heavy atom. The minimum Gasteiger partial charge on any atom is -0.474 e. The summed E-state index contributed by atoms with van der Waals surface area (Å²) in [6.07, 6.45) is 4.93. The molecule has 0 aliphatic rings. The number of hydrogen-bond donors (Lipinski definition) is 0. The molecule has 7 heteroatoms. The average Bonchev–Trinajstić information content (AvgIpc) is 2.25. The Balaban J connectivity index is 3.15. The average molecular weight is 222 g/mol. The molecule has 7 nitrogen and oxygen atoms in total. The van der Waals surface area contributed by atoms with Crippen LogP contribution in [-0.4, -0.2) is 16.5 Å². The third kappa shape index (κ3) is 2.45. The molecule has 0 atom stereocenters. The molecule has 0 fully saturated rings. The molecule has 0 amide bonds. The predicted molar refractivity (Wildman–Crippen MR) is 54.1 cm³/mol. The van der Waals surface area contributed by atoms with E-state index in [2.05, 4.69) is 5.92 Å². The minimum atomic E-state index is -0.765. The lowest BCUT2D eigenvalue weighted by atomic mass is 10.2. The first-order valence-corrected chi connectivity index (χ1v) is 4.05. The van der Waals surface area contributed by atoms with Gasteiger partial charge >= 0.3 is 5.69 Å². The molecule has 0 bridgehead atoms. The van der Waals surface area contributed by atoms with E-state index < -0.39 is 15.5 Å². The molecular formula is C9H6N2O5. The highest BCUT2D eigenvalue weighted by Gasteiger charge is 2.20. The summed E-state index contributed by atoms with van der Waals surface area (Å²) in [6, 6.07) is 3.08. The Morgan fingerprint density at radius 1 is 1.31 bits per heavy atom. The van der Waals surface area contributed by atoms with Crippen molar-refractivity contribution >= 4 is 11.4 Å². The summed E-state index contributed by atoms with van der Waals surface area (Å²) in [5, 5.41) is 21.0. The molecule has 0 N–H and O–H groups in total. The van der Waals surface area contributed by atoms with Crippen molar-refractivity contribution in [2.75, 3.05) is 6.61 Å². The molecule has 1 rings (SSSR count). The Kier molecular flexibility index (Phi) is 3.40. The number of rotatable bonds is 4. The lowest BCUT2D eigenvalue weighted by Crippen LogP contribution is -1.99. The maximum atomic E-state index is 10.6. The second-order valence-electron chi connectivity index (χ2n) is 2.66. The van der Waals surface area contributed by atoms with Crippen LogP contribution < -0.4 is 4.74 Å². The van der Waals surface area contributed by atoms with E-state index in [9.17, 15) is 20.2 Å². The van der Waals surface area contributed by atoms with E-state index in [-0.39, 0.29) is 18.0 Å². The van der Waals surface area contributed by atoms with Gasteiger partial charge in [0.05, 0.1) is 15.9 Å². The van der Waals surface area contributed by atoms with Gasteiger partial charge < -0.3 is 4.74 Å². The number of nitrogens with zero attached hydrogens (tertiary/aromatic N) is 2. The summed E-state index contributed by atoms with van der Waals surface area (Å²) in [5.41, 5.74) is -0.857. The van der Waals surface area contributed by atoms with E-state index in [4.69, 9.17) is 11.2 Å². The standard InChI is InChI=1S/C9H6N2O5/c1-2-5-16-9-4-3-7(10(12)13)6-8(9)11(14)15/h1,3-4,6H,5H2. The van der Waals surface area contributed by atoms with Gasteiger partial charge in [0.2, 0.25) is 0 Å². The number of non-ortho nitro benzene ring substituents is 1. The Hall–Kier alpha value is -2.62. The molecule has 1 aromatic carbocycles. The Morgan fingerprint density at radius 3 is 2.50 bits per heavy atom. The van der Waals surface area contributed by atoms with Crippen molar-refractivity contribution in [3.8, 4) is 18.1 Å². The van der Waals surface area contributed by atoms with Crippen molar-refractivity contribution < 1.29 is 14.6 Å². The predicted octanol–water partition coefficient (Wildman–Crippen LogP) is 1.51. The van der Waals surface area contributed by atoms with Crippen LogP contribution in [0.1, 0.15) is 0 Å². The van der Waals surface area contributed by atoms with E-state index in [1.807, 2.05) is 0 Å². The van der Waals surface area contributed by atoms with Crippen LogP contribution in [0.25, 0.3) is 0 Å². The van der Waals surface area contributed by atoms with Gasteiger partial charge in [-0.05, 0) is 6.07 Å². The second-order valence-corrected chi connectivity index (χ2v) is 2.66. The van der Waals surface area contributed by atoms with E-state index in [1.165, 1.54) is 0 Å². The van der Waals surface area contributed by atoms with Crippen LogP contribution in [0.5, 0.6) is 5.75 Å². The van der Waals surface area contributed by atoms with Crippen molar-refractivity contribution in [3.05, 3.63) is 38.4 Å². The van der Waals surface area contributed by atoms with E-state index in [0.717, 1.165) is 18.2 Å². The molecule has 0 saturated heterocycles. The highest BCUT2D eigenvalue weighted by molar-refractivity contribution is 5.53. The van der Waals surface area contributed by atoms with Crippen LogP contribution >= 0.6 is 0 Å². The molecule has 0 aromatic heterocycles. The number of nitro groups is 2. The Bertz CT molecular complexity index is 477. The minimum absolute atomic E-state index is 0.0893. The van der Waals surface area contributed by atoms with Gasteiger partial charge in [0.25, 0.3) is 5.69 Å². The summed E-state index contributed by atoms with van der Waals surface area (Å²) >= 11 is 0. The lowest BCUT2D eigenvalue weighted by Gasteiger charge is -2.02. The third-order valence-electron chi connectivity index (χ3n) is 1.66. The van der Waals surface area contributed by atoms with Gasteiger partial charge in [0, 0.05) is 6.07 Å². The monoisotopic (exact) mass is 222 g/mol. The lowest BCUT2D eigenvalue weighted by molar-refractivity contribution is -0.394. The van der Waals surface area contributed by atoms with Crippen LogP contribution in [0.4, 0.5) is 11.4 Å². The fourth-order valence-electron chi connectivity index (χ4n) is 1.00. The number of ether oxygens (including phenoxy) is 1. The molecule has 0 aliphatic heterocycles. The van der Waals surface area contributed by atoms with Crippen molar-refractivity contribution in [1.29, 1.82) is 0 Å². The quantitative estimate of drug-likeness (QED) is 0.437. The zero-order valence-electron chi connectivity index (χ0n) is 7.95. The highest BCUT2D eigenvalue weighted by Crippen LogP contribution is 2.30. The number of hydrogen-bond acceptors (Lipinski definition) is 5. The van der Waals surface area contributed by atoms with Gasteiger partial charge in [-0.2, -0.15) is 0 Å². The smallest absolute Gasteiger partial charge is 0.317 e. The molecule has 0 aliphatic carbocycles. The number of benzene rings is 1. The van der Waals surface area contributed by atoms with E-state index in [1.54, 1.807) is 0 Å². The summed E-state index contributed by atoms with van der Waals surface area (Å²) < 4.78 is 4.88. The molecule has 0 saturated carbocycles. The van der Waals surface area contributed by atoms with Gasteiger partial charge in [-0.15, -0.1) is 6.42 Å². The van der Waals surface area contributed by atoms with Gasteiger partial charge in [-0.25, -0.2) is 0 Å². The summed E-state index contributed by atoms with van der Waals surface area (Å²) in [5.74, 6) is 2.05. The van der Waals surface area contributed by atoms with E-state index in [0.29, 0.717) is 0 Å². The number of terminal acetylenes is 1. The van der Waals surface area contributed by atoms with Gasteiger partial charge in [-0.3, -0.25) is 20.2 Å². The fraction of sp³-hybridized carbons (Fsp3) is 0.111. The second kappa shape index (κ2) is 4.75. The maximum Gasteiger partial charge on any atom is 0.317 e. The molecule has 1 aromatic rings. The van der Waals surface area contributed by atoms with Crippen molar-refractivity contribution in [2.24, 2.45) is 0 Å². The first-order chi connectivity index (χ1) is 7.56. The molecular weight excluding hydrogens is 216 g/mol. The zero-order chi connectivity index (χ0) is 12.1. The third-order valence-corrected chi connectivity index (χ3v) is 1.66. The normalized spacial score (nSPS) is 9.19. The maximum absolute atomic E-state index is 10.6. The van der Waals surface area contributed by atoms with Crippen molar-refractivity contribution in [3.63, 3.8) is 0 Å². The van der Waals surface area contributed by atoms with Crippen molar-refractivity contribution in [1.82, 2.24) is 0 Å². The van der Waals surface area contributed by atoms with Gasteiger partial charge in [0.15, 0.2) is 5.75 Å². The highest BCUT2D eigenvalue weighted by atomic mass is 16.6. The molecule has 0 radical (unpaired) electrons. The van der Waals surface area contributed by atoms with Crippen LogP contribution in [-0.2, 0) is 0 Å². The molecule has 0 spiro atoms. The van der Waals surface area contributed by atoms with Crippen LogP contribution in [0.2, 0.25) is 0 Å².